The molecule has 2 fully saturated rings. The van der Waals surface area contributed by atoms with Gasteiger partial charge in [-0.15, -0.1) is 0 Å². The van der Waals surface area contributed by atoms with Crippen molar-refractivity contribution < 1.29 is 18.4 Å². The highest BCUT2D eigenvalue weighted by Crippen LogP contribution is 2.34. The van der Waals surface area contributed by atoms with Crippen LogP contribution in [0.4, 0.5) is 8.78 Å². The molecule has 0 aromatic rings. The fraction of sp³-hybridized carbons (Fsp3) is 0.824. The van der Waals surface area contributed by atoms with E-state index in [-0.39, 0.29) is 18.4 Å². The second-order valence-corrected chi connectivity index (χ2v) is 7.05. The Bertz CT molecular complexity index is 517. The third-order valence-corrected chi connectivity index (χ3v) is 5.28. The Balaban J connectivity index is 1.58. The molecular weight excluding hydrogens is 330 g/mol. The van der Waals surface area contributed by atoms with Crippen molar-refractivity contribution in [3.8, 4) is 0 Å². The van der Waals surface area contributed by atoms with Crippen LogP contribution >= 0.6 is 0 Å². The quantitative estimate of drug-likeness (QED) is 0.799. The minimum absolute atomic E-state index is 0.0359. The number of ether oxygens (including phenoxy) is 1. The molecule has 0 aromatic carbocycles. The monoisotopic (exact) mass is 358 g/mol. The van der Waals surface area contributed by atoms with Gasteiger partial charge in [-0.3, -0.25) is 15.7 Å². The van der Waals surface area contributed by atoms with Gasteiger partial charge < -0.3 is 4.74 Å². The van der Waals surface area contributed by atoms with Gasteiger partial charge >= 0.3 is 0 Å². The molecule has 8 heteroatoms. The number of morpholine rings is 1. The first kappa shape index (κ1) is 18.7. The van der Waals surface area contributed by atoms with E-state index in [0.29, 0.717) is 26.0 Å². The molecule has 0 amide bonds. The first-order valence-electron chi connectivity index (χ1n) is 9.00. The number of rotatable bonds is 4. The summed E-state index contributed by atoms with van der Waals surface area (Å²) in [6.07, 6.45) is -0.266. The van der Waals surface area contributed by atoms with Crippen LogP contribution in [0.5, 0.6) is 0 Å². The van der Waals surface area contributed by atoms with E-state index >= 15 is 0 Å². The number of hydrogen-bond acceptors (Lipinski definition) is 6. The molecule has 3 unspecified atom stereocenters. The van der Waals surface area contributed by atoms with Crippen molar-refractivity contribution in [2.24, 2.45) is 10.9 Å². The third kappa shape index (κ3) is 4.75. The van der Waals surface area contributed by atoms with Crippen LogP contribution in [0.15, 0.2) is 16.8 Å². The predicted molar refractivity (Wildman–Crippen MR) is 91.6 cm³/mol. The summed E-state index contributed by atoms with van der Waals surface area (Å²) in [4.78, 5) is 12.3. The summed E-state index contributed by atoms with van der Waals surface area (Å²) in [5, 5.41) is 3.25. The number of nitrogens with one attached hydrogen (secondary N) is 2. The topological polar surface area (TPSA) is 58.1 Å². The predicted octanol–water partition coefficient (Wildman–Crippen LogP) is 1.55. The molecule has 3 aliphatic rings. The van der Waals surface area contributed by atoms with Gasteiger partial charge in [-0.1, -0.05) is 0 Å². The fourth-order valence-corrected chi connectivity index (χ4v) is 3.61. The Morgan fingerprint density at radius 1 is 1.40 bits per heavy atom. The molecule has 2 N–H and O–H groups in total. The molecule has 3 rings (SSSR count). The normalized spacial score (nSPS) is 37.7. The maximum Gasteiger partial charge on any atom is 0.229 e. The molecule has 1 saturated carbocycles. The summed E-state index contributed by atoms with van der Waals surface area (Å²) in [6, 6.07) is 0.263. The summed E-state index contributed by atoms with van der Waals surface area (Å²) in [5.74, 6) is -0.330. The maximum atomic E-state index is 14.3. The van der Waals surface area contributed by atoms with Crippen molar-refractivity contribution in [3.05, 3.63) is 11.8 Å². The van der Waals surface area contributed by atoms with Gasteiger partial charge in [0.2, 0.25) is 6.35 Å². The molecule has 1 saturated heterocycles. The molecule has 0 bridgehead atoms. The van der Waals surface area contributed by atoms with Gasteiger partial charge in [0, 0.05) is 43.4 Å². The zero-order chi connectivity index (χ0) is 17.8. The molecule has 0 aromatic heterocycles. The SMILES string of the molecule is CC1=NC(NC[C@@H]2COCCN2C)ONC=C1[C@H]1CCC(F)CC1F. The largest absolute Gasteiger partial charge is 0.378 e. The first-order valence-corrected chi connectivity index (χ1v) is 9.00. The lowest BCUT2D eigenvalue weighted by molar-refractivity contribution is -0.0314. The minimum Gasteiger partial charge on any atom is -0.378 e. The lowest BCUT2D eigenvalue weighted by Gasteiger charge is -2.33. The lowest BCUT2D eigenvalue weighted by Crippen LogP contribution is -2.50. The highest BCUT2D eigenvalue weighted by Gasteiger charge is 2.34. The average molecular weight is 358 g/mol. The van der Waals surface area contributed by atoms with Crippen LogP contribution in [-0.4, -0.2) is 68.7 Å². The Labute approximate surface area is 147 Å². The fourth-order valence-electron chi connectivity index (χ4n) is 3.61. The smallest absolute Gasteiger partial charge is 0.229 e. The molecule has 0 radical (unpaired) electrons. The summed E-state index contributed by atoms with van der Waals surface area (Å²) in [6.45, 7) is 4.85. The van der Waals surface area contributed by atoms with E-state index in [9.17, 15) is 8.78 Å². The van der Waals surface area contributed by atoms with Crippen molar-refractivity contribution in [1.29, 1.82) is 0 Å². The summed E-state index contributed by atoms with van der Waals surface area (Å²) < 4.78 is 33.1. The minimum atomic E-state index is -1.18. The number of aliphatic imine (C=N–C) groups is 1. The van der Waals surface area contributed by atoms with Gasteiger partial charge in [0.05, 0.1) is 13.2 Å². The van der Waals surface area contributed by atoms with E-state index in [0.717, 1.165) is 24.4 Å². The van der Waals surface area contributed by atoms with E-state index < -0.39 is 18.7 Å². The average Bonchev–Trinajstić information content (AvgIpc) is 2.76. The van der Waals surface area contributed by atoms with Crippen LogP contribution in [0.25, 0.3) is 0 Å². The number of hydroxylamine groups is 1. The van der Waals surface area contributed by atoms with Gasteiger partial charge in [0.1, 0.15) is 12.3 Å². The zero-order valence-corrected chi connectivity index (χ0v) is 14.9. The highest BCUT2D eigenvalue weighted by molar-refractivity contribution is 5.98. The van der Waals surface area contributed by atoms with Crippen LogP contribution in [0.3, 0.4) is 0 Å². The van der Waals surface area contributed by atoms with E-state index in [4.69, 9.17) is 9.57 Å². The van der Waals surface area contributed by atoms with Crippen molar-refractivity contribution in [3.63, 3.8) is 0 Å². The third-order valence-electron chi connectivity index (χ3n) is 5.28. The van der Waals surface area contributed by atoms with Crippen LogP contribution in [0, 0.1) is 5.92 Å². The molecule has 25 heavy (non-hydrogen) atoms. The molecular formula is C17H28F2N4O2. The van der Waals surface area contributed by atoms with Crippen molar-refractivity contribution >= 4 is 5.71 Å². The van der Waals surface area contributed by atoms with Crippen LogP contribution < -0.4 is 10.8 Å². The number of allylic oxidation sites excluding steroid dienone is 1. The number of likely N-dealkylation sites (N-methyl/N-ethyl adjacent to an activating group) is 1. The molecule has 2 aliphatic heterocycles. The molecule has 0 spiro atoms. The van der Waals surface area contributed by atoms with Gasteiger partial charge in [0.15, 0.2) is 0 Å². The van der Waals surface area contributed by atoms with E-state index in [1.54, 1.807) is 6.20 Å². The lowest BCUT2D eigenvalue weighted by atomic mass is 9.80. The summed E-state index contributed by atoms with van der Waals surface area (Å²) >= 11 is 0. The van der Waals surface area contributed by atoms with Gasteiger partial charge in [0.25, 0.3) is 0 Å². The van der Waals surface area contributed by atoms with Gasteiger partial charge in [-0.25, -0.2) is 18.6 Å². The van der Waals surface area contributed by atoms with E-state index in [2.05, 4.69) is 27.7 Å². The summed E-state index contributed by atoms with van der Waals surface area (Å²) in [5.41, 5.74) is 4.25. The molecule has 142 valence electrons. The second kappa shape index (κ2) is 8.53. The Morgan fingerprint density at radius 2 is 2.24 bits per heavy atom. The standard InChI is InChI=1S/C17H28F2N4O2/c1-11-15(14-4-3-12(18)7-16(14)19)9-21-25-17(22-11)20-8-13-10-24-6-5-23(13)2/h9,12-14,16-17,20-21H,3-8,10H2,1-2H3/t12?,13-,14-,16?,17?/m1/s1. The van der Waals surface area contributed by atoms with Gasteiger partial charge in [-0.2, -0.15) is 0 Å². The molecule has 6 nitrogen and oxygen atoms in total. The maximum absolute atomic E-state index is 14.3. The number of hydrogen-bond donors (Lipinski definition) is 2. The van der Waals surface area contributed by atoms with Crippen LogP contribution in [0.1, 0.15) is 26.2 Å². The Hall–Kier alpha value is -1.09. The number of nitrogens with zero attached hydrogens (tertiary/aromatic N) is 2. The van der Waals surface area contributed by atoms with Crippen molar-refractivity contribution in [1.82, 2.24) is 15.7 Å². The Morgan fingerprint density at radius 3 is 3.00 bits per heavy atom. The molecule has 5 atom stereocenters. The van der Waals surface area contributed by atoms with Gasteiger partial charge in [-0.05, 0) is 32.4 Å². The highest BCUT2D eigenvalue weighted by atomic mass is 19.1. The number of alkyl halides is 2. The zero-order valence-electron chi connectivity index (χ0n) is 14.9. The van der Waals surface area contributed by atoms with Crippen LogP contribution in [0.2, 0.25) is 0 Å². The second-order valence-electron chi connectivity index (χ2n) is 7.05. The summed E-state index contributed by atoms with van der Waals surface area (Å²) in [7, 11) is 2.07. The Kier molecular flexibility index (Phi) is 6.38. The van der Waals surface area contributed by atoms with E-state index in [1.807, 2.05) is 6.92 Å². The molecule has 1 aliphatic carbocycles. The van der Waals surface area contributed by atoms with Crippen molar-refractivity contribution in [2.75, 3.05) is 33.4 Å². The molecule has 2 heterocycles. The van der Waals surface area contributed by atoms with Crippen LogP contribution in [-0.2, 0) is 9.57 Å². The number of halogens is 2. The van der Waals surface area contributed by atoms with Crippen molar-refractivity contribution in [2.45, 2.75) is 50.9 Å². The van der Waals surface area contributed by atoms with E-state index in [1.165, 1.54) is 0 Å². The first-order chi connectivity index (χ1) is 12.0.